The van der Waals surface area contributed by atoms with Crippen LogP contribution in [-0.4, -0.2) is 37.6 Å². The van der Waals surface area contributed by atoms with Crippen molar-refractivity contribution in [2.24, 2.45) is 0 Å². The molecule has 0 bridgehead atoms. The van der Waals surface area contributed by atoms with Crippen LogP contribution in [0, 0.1) is 0 Å². The van der Waals surface area contributed by atoms with Crippen LogP contribution in [-0.2, 0) is 4.74 Å². The van der Waals surface area contributed by atoms with Crippen molar-refractivity contribution in [1.82, 2.24) is 0 Å². The Bertz CT molecular complexity index is 1140. The molecule has 4 rings (SSSR count). The highest BCUT2D eigenvalue weighted by Gasteiger charge is 2.21. The average Bonchev–Trinajstić information content (AvgIpc) is 2.89. The quantitative estimate of drug-likeness (QED) is 0.514. The Hall–Kier alpha value is -3.79. The van der Waals surface area contributed by atoms with Crippen molar-refractivity contribution in [3.05, 3.63) is 107 Å². The number of hydrogen-bond acceptors (Lipinski definition) is 3. The van der Waals surface area contributed by atoms with Gasteiger partial charge in [0, 0.05) is 12.2 Å². The maximum Gasteiger partial charge on any atom is 0.199 e. The number of rotatable bonds is 6. The molecule has 4 heteroatoms. The van der Waals surface area contributed by atoms with E-state index in [0.717, 1.165) is 58.4 Å². The van der Waals surface area contributed by atoms with Gasteiger partial charge in [0.05, 0.1) is 25.3 Å². The Labute approximate surface area is 196 Å². The highest BCUT2D eigenvalue weighted by Crippen LogP contribution is 2.39. The summed E-state index contributed by atoms with van der Waals surface area (Å²) in [5.41, 5.74) is 5.21. The molecule has 0 radical (unpaired) electrons. The van der Waals surface area contributed by atoms with Crippen LogP contribution in [0.2, 0.25) is 0 Å². The molecule has 0 atom stereocenters. The van der Waals surface area contributed by atoms with Crippen molar-refractivity contribution in [2.45, 2.75) is 13.8 Å². The van der Waals surface area contributed by atoms with Gasteiger partial charge in [-0.2, -0.15) is 0 Å². The maximum atomic E-state index is 6.43. The summed E-state index contributed by atoms with van der Waals surface area (Å²) in [5.74, 6) is 3.00. The van der Waals surface area contributed by atoms with E-state index in [1.807, 2.05) is 48.5 Å². The molecular formula is C29H30NO3+. The van der Waals surface area contributed by atoms with E-state index in [2.05, 4.69) is 54.9 Å². The first kappa shape index (κ1) is 22.4. The highest BCUT2D eigenvalue weighted by molar-refractivity contribution is 6.02. The van der Waals surface area contributed by atoms with Crippen molar-refractivity contribution in [1.29, 1.82) is 0 Å². The molecule has 0 N–H and O–H groups in total. The molecule has 1 heterocycles. The smallest absolute Gasteiger partial charge is 0.199 e. The Balaban J connectivity index is 1.85. The minimum absolute atomic E-state index is 0.735. The molecule has 2 aliphatic rings. The molecule has 168 valence electrons. The van der Waals surface area contributed by atoms with Crippen LogP contribution in [0.5, 0.6) is 11.5 Å². The Morgan fingerprint density at radius 2 is 1.15 bits per heavy atom. The normalized spacial score (nSPS) is 15.1. The summed E-state index contributed by atoms with van der Waals surface area (Å²) < 4.78 is 20.0. The molecule has 0 unspecified atom stereocenters. The third-order valence-electron chi connectivity index (χ3n) is 5.87. The van der Waals surface area contributed by atoms with Gasteiger partial charge in [-0.1, -0.05) is 24.3 Å². The van der Waals surface area contributed by atoms with Gasteiger partial charge < -0.3 is 14.2 Å². The SMILES string of the molecule is CC[N+](CC)=C1C=CC(=C2C=C(c3ccccc3OC)OC(c3ccccc3OC)=C2)C=C1. The van der Waals surface area contributed by atoms with Gasteiger partial charge in [-0.3, -0.25) is 0 Å². The molecule has 2 aromatic carbocycles. The average molecular weight is 441 g/mol. The monoisotopic (exact) mass is 440 g/mol. The summed E-state index contributed by atoms with van der Waals surface area (Å²) in [6.45, 7) is 6.32. The number of allylic oxidation sites excluding steroid dienone is 8. The lowest BCUT2D eigenvalue weighted by Gasteiger charge is -2.22. The van der Waals surface area contributed by atoms with Crippen LogP contribution < -0.4 is 9.47 Å². The van der Waals surface area contributed by atoms with Gasteiger partial charge in [0.25, 0.3) is 0 Å². The van der Waals surface area contributed by atoms with E-state index in [1.54, 1.807) is 14.2 Å². The standard InChI is InChI=1S/C29H30NO3/c1-5-30(6-2)23-17-15-21(16-18-23)22-19-28(24-11-7-9-13-26(24)31-3)33-29(20-22)25-12-8-10-14-27(25)32-4/h7-20H,5-6H2,1-4H3/q+1. The minimum Gasteiger partial charge on any atom is -0.496 e. The van der Waals surface area contributed by atoms with Gasteiger partial charge in [0.15, 0.2) is 5.71 Å². The fraction of sp³-hybridized carbons (Fsp3) is 0.207. The van der Waals surface area contributed by atoms with Crippen LogP contribution in [0.3, 0.4) is 0 Å². The Morgan fingerprint density at radius 1 is 0.667 bits per heavy atom. The molecule has 2 aromatic rings. The zero-order chi connectivity index (χ0) is 23.2. The molecule has 1 aliphatic heterocycles. The summed E-state index contributed by atoms with van der Waals surface area (Å²) >= 11 is 0. The Morgan fingerprint density at radius 3 is 1.61 bits per heavy atom. The first-order valence-corrected chi connectivity index (χ1v) is 11.3. The van der Waals surface area contributed by atoms with E-state index in [4.69, 9.17) is 14.2 Å². The van der Waals surface area contributed by atoms with Crippen LogP contribution in [0.15, 0.2) is 96.1 Å². The second-order valence-electron chi connectivity index (χ2n) is 7.69. The predicted octanol–water partition coefficient (Wildman–Crippen LogP) is 6.03. The molecule has 1 aliphatic carbocycles. The summed E-state index contributed by atoms with van der Waals surface area (Å²) in [4.78, 5) is 0. The molecule has 0 saturated carbocycles. The van der Waals surface area contributed by atoms with Crippen LogP contribution >= 0.6 is 0 Å². The molecule has 33 heavy (non-hydrogen) atoms. The van der Waals surface area contributed by atoms with E-state index in [9.17, 15) is 0 Å². The molecule has 0 aromatic heterocycles. The number of hydrogen-bond donors (Lipinski definition) is 0. The van der Waals surface area contributed by atoms with Gasteiger partial charge in [0.2, 0.25) is 0 Å². The Kier molecular flexibility index (Phi) is 6.94. The van der Waals surface area contributed by atoms with Crippen LogP contribution in [0.1, 0.15) is 25.0 Å². The van der Waals surface area contributed by atoms with Crippen LogP contribution in [0.25, 0.3) is 11.5 Å². The van der Waals surface area contributed by atoms with Crippen molar-refractivity contribution in [3.63, 3.8) is 0 Å². The van der Waals surface area contributed by atoms with Gasteiger partial charge in [-0.15, -0.1) is 0 Å². The number of para-hydroxylation sites is 2. The number of benzene rings is 2. The fourth-order valence-electron chi connectivity index (χ4n) is 4.08. The lowest BCUT2D eigenvalue weighted by molar-refractivity contribution is -0.519. The van der Waals surface area contributed by atoms with Crippen LogP contribution in [0.4, 0.5) is 0 Å². The van der Waals surface area contributed by atoms with E-state index in [-0.39, 0.29) is 0 Å². The van der Waals surface area contributed by atoms with Gasteiger partial charge in [-0.05, 0) is 73.6 Å². The van der Waals surface area contributed by atoms with E-state index in [1.165, 1.54) is 5.71 Å². The predicted molar refractivity (Wildman–Crippen MR) is 135 cm³/mol. The second kappa shape index (κ2) is 10.2. The third kappa shape index (κ3) is 4.70. The maximum absolute atomic E-state index is 6.43. The molecule has 0 fully saturated rings. The first-order chi connectivity index (χ1) is 16.2. The number of ether oxygens (including phenoxy) is 3. The molecular weight excluding hydrogens is 410 g/mol. The highest BCUT2D eigenvalue weighted by atomic mass is 16.5. The molecule has 0 saturated heterocycles. The van der Waals surface area contributed by atoms with Crippen molar-refractivity contribution in [3.8, 4) is 11.5 Å². The van der Waals surface area contributed by atoms with Gasteiger partial charge >= 0.3 is 0 Å². The molecule has 0 amide bonds. The zero-order valence-corrected chi connectivity index (χ0v) is 19.7. The van der Waals surface area contributed by atoms with Crippen molar-refractivity contribution >= 4 is 17.2 Å². The second-order valence-corrected chi connectivity index (χ2v) is 7.69. The van der Waals surface area contributed by atoms with Gasteiger partial charge in [-0.25, -0.2) is 4.58 Å². The molecule has 4 nitrogen and oxygen atoms in total. The number of methoxy groups -OCH3 is 2. The summed E-state index contributed by atoms with van der Waals surface area (Å²) in [6.07, 6.45) is 12.8. The topological polar surface area (TPSA) is 30.7 Å². The van der Waals surface area contributed by atoms with E-state index >= 15 is 0 Å². The summed E-state index contributed by atoms with van der Waals surface area (Å²) in [5, 5.41) is 0. The minimum atomic E-state index is 0.735. The van der Waals surface area contributed by atoms with Crippen molar-refractivity contribution < 1.29 is 18.8 Å². The first-order valence-electron chi connectivity index (χ1n) is 11.3. The summed E-state index contributed by atoms with van der Waals surface area (Å²) in [6, 6.07) is 15.8. The largest absolute Gasteiger partial charge is 0.496 e. The fourth-order valence-corrected chi connectivity index (χ4v) is 4.08. The zero-order valence-electron chi connectivity index (χ0n) is 19.7. The third-order valence-corrected chi connectivity index (χ3v) is 5.87. The van der Waals surface area contributed by atoms with E-state index in [0.29, 0.717) is 0 Å². The lowest BCUT2D eigenvalue weighted by Crippen LogP contribution is -2.19. The molecule has 0 spiro atoms. The lowest BCUT2D eigenvalue weighted by atomic mass is 9.96. The number of nitrogens with zero attached hydrogens (tertiary/aromatic N) is 1. The van der Waals surface area contributed by atoms with Crippen molar-refractivity contribution in [2.75, 3.05) is 27.3 Å². The van der Waals surface area contributed by atoms with E-state index < -0.39 is 0 Å². The summed E-state index contributed by atoms with van der Waals surface area (Å²) in [7, 11) is 3.35. The van der Waals surface area contributed by atoms with Gasteiger partial charge in [0.1, 0.15) is 36.1 Å².